The molecular weight excluding hydrogens is 300 g/mol. The number of carbonyl (C=O) groups is 2. The third-order valence-electron chi connectivity index (χ3n) is 3.39. The number of hydrogen-bond acceptors (Lipinski definition) is 2. The van der Waals surface area contributed by atoms with E-state index >= 15 is 0 Å². The maximum atomic E-state index is 12.3. The van der Waals surface area contributed by atoms with Crippen LogP contribution in [0.15, 0.2) is 36.4 Å². The van der Waals surface area contributed by atoms with E-state index in [0.717, 1.165) is 11.1 Å². The largest absolute Gasteiger partial charge is 0.325 e. The Morgan fingerprint density at radius 2 is 1.77 bits per heavy atom. The third-order valence-corrected chi connectivity index (χ3v) is 3.70. The van der Waals surface area contributed by atoms with E-state index in [-0.39, 0.29) is 11.8 Å². The second-order valence-corrected chi connectivity index (χ2v) is 5.48. The van der Waals surface area contributed by atoms with Crippen molar-refractivity contribution in [3.05, 3.63) is 58.1 Å². The van der Waals surface area contributed by atoms with Gasteiger partial charge in [-0.2, -0.15) is 0 Å². The molecule has 114 valence electrons. The van der Waals surface area contributed by atoms with Gasteiger partial charge in [0.25, 0.3) is 5.91 Å². The van der Waals surface area contributed by atoms with Crippen LogP contribution in [0.25, 0.3) is 0 Å². The Morgan fingerprint density at radius 3 is 2.41 bits per heavy atom. The molecule has 0 aliphatic heterocycles. The van der Waals surface area contributed by atoms with Crippen LogP contribution in [0.1, 0.15) is 28.4 Å². The van der Waals surface area contributed by atoms with Gasteiger partial charge in [-0.25, -0.2) is 0 Å². The van der Waals surface area contributed by atoms with Crippen molar-refractivity contribution in [2.45, 2.75) is 20.8 Å². The summed E-state index contributed by atoms with van der Waals surface area (Å²) in [7, 11) is 0. The van der Waals surface area contributed by atoms with Crippen LogP contribution >= 0.6 is 11.6 Å². The molecule has 2 aromatic carbocycles. The number of nitrogens with one attached hydrogen (secondary N) is 2. The molecule has 0 fully saturated rings. The Labute approximate surface area is 134 Å². The number of halogens is 1. The van der Waals surface area contributed by atoms with Crippen molar-refractivity contribution in [3.63, 3.8) is 0 Å². The van der Waals surface area contributed by atoms with Gasteiger partial charge in [0.05, 0.1) is 10.7 Å². The Hall–Kier alpha value is -2.33. The van der Waals surface area contributed by atoms with Gasteiger partial charge in [0.15, 0.2) is 0 Å². The van der Waals surface area contributed by atoms with Crippen LogP contribution in [0.4, 0.5) is 11.4 Å². The molecule has 0 spiro atoms. The summed E-state index contributed by atoms with van der Waals surface area (Å²) in [5.41, 5.74) is 3.72. The summed E-state index contributed by atoms with van der Waals surface area (Å²) < 4.78 is 0. The van der Waals surface area contributed by atoms with E-state index in [0.29, 0.717) is 22.0 Å². The summed E-state index contributed by atoms with van der Waals surface area (Å²) in [5, 5.41) is 5.80. The summed E-state index contributed by atoms with van der Waals surface area (Å²) in [4.78, 5) is 23.4. The van der Waals surface area contributed by atoms with Crippen molar-refractivity contribution in [1.82, 2.24) is 0 Å². The molecule has 0 radical (unpaired) electrons. The van der Waals surface area contributed by atoms with Crippen molar-refractivity contribution in [2.75, 3.05) is 10.6 Å². The highest BCUT2D eigenvalue weighted by Gasteiger charge is 2.11. The summed E-state index contributed by atoms with van der Waals surface area (Å²) in [6.45, 7) is 5.29. The second kappa shape index (κ2) is 6.62. The number of aryl methyl sites for hydroxylation is 1. The summed E-state index contributed by atoms with van der Waals surface area (Å²) >= 11 is 6.09. The van der Waals surface area contributed by atoms with Gasteiger partial charge in [-0.05, 0) is 49.2 Å². The van der Waals surface area contributed by atoms with Crippen LogP contribution in [0, 0.1) is 13.8 Å². The molecule has 4 nitrogen and oxygen atoms in total. The molecule has 5 heteroatoms. The van der Waals surface area contributed by atoms with Gasteiger partial charge in [-0.1, -0.05) is 23.7 Å². The lowest BCUT2D eigenvalue weighted by Gasteiger charge is -2.11. The quantitative estimate of drug-likeness (QED) is 0.893. The van der Waals surface area contributed by atoms with Gasteiger partial charge in [0.2, 0.25) is 5.91 Å². The SMILES string of the molecule is CC(=O)Nc1ccc(NC(=O)c2cccc(C)c2C)cc1Cl. The topological polar surface area (TPSA) is 58.2 Å². The molecule has 0 aliphatic carbocycles. The first-order valence-corrected chi connectivity index (χ1v) is 7.21. The van der Waals surface area contributed by atoms with Crippen molar-refractivity contribution in [3.8, 4) is 0 Å². The molecule has 0 atom stereocenters. The highest BCUT2D eigenvalue weighted by molar-refractivity contribution is 6.34. The molecule has 0 saturated heterocycles. The molecule has 2 aromatic rings. The lowest BCUT2D eigenvalue weighted by atomic mass is 10.0. The maximum Gasteiger partial charge on any atom is 0.255 e. The Morgan fingerprint density at radius 1 is 1.05 bits per heavy atom. The normalized spacial score (nSPS) is 10.2. The van der Waals surface area contributed by atoms with Crippen LogP contribution in [0.3, 0.4) is 0 Å². The zero-order valence-corrected chi connectivity index (χ0v) is 13.4. The molecule has 0 aliphatic rings. The average molecular weight is 317 g/mol. The van der Waals surface area contributed by atoms with Crippen LogP contribution in [-0.4, -0.2) is 11.8 Å². The highest BCUT2D eigenvalue weighted by Crippen LogP contribution is 2.26. The van der Waals surface area contributed by atoms with E-state index in [4.69, 9.17) is 11.6 Å². The first-order valence-electron chi connectivity index (χ1n) is 6.83. The molecule has 2 rings (SSSR count). The minimum Gasteiger partial charge on any atom is -0.325 e. The van der Waals surface area contributed by atoms with E-state index in [9.17, 15) is 9.59 Å². The Balaban J connectivity index is 2.20. The monoisotopic (exact) mass is 316 g/mol. The summed E-state index contributed by atoms with van der Waals surface area (Å²) in [5.74, 6) is -0.390. The molecule has 22 heavy (non-hydrogen) atoms. The molecule has 0 unspecified atom stereocenters. The molecule has 2 N–H and O–H groups in total. The van der Waals surface area contributed by atoms with Gasteiger partial charge in [0.1, 0.15) is 0 Å². The lowest BCUT2D eigenvalue weighted by Crippen LogP contribution is -2.14. The van der Waals surface area contributed by atoms with Gasteiger partial charge >= 0.3 is 0 Å². The standard InChI is InChI=1S/C17H17ClN2O2/c1-10-5-4-6-14(11(10)2)17(22)20-13-7-8-16(15(18)9-13)19-12(3)21/h4-9H,1-3H3,(H,19,21)(H,20,22). The fourth-order valence-electron chi connectivity index (χ4n) is 2.08. The van der Waals surface area contributed by atoms with E-state index in [2.05, 4.69) is 10.6 Å². The first-order chi connectivity index (χ1) is 10.4. The predicted octanol–water partition coefficient (Wildman–Crippen LogP) is 4.17. The van der Waals surface area contributed by atoms with Crippen molar-refractivity contribution < 1.29 is 9.59 Å². The van der Waals surface area contributed by atoms with Crippen molar-refractivity contribution in [2.24, 2.45) is 0 Å². The minimum atomic E-state index is -0.200. The number of hydrogen-bond donors (Lipinski definition) is 2. The minimum absolute atomic E-state index is 0.190. The maximum absolute atomic E-state index is 12.3. The summed E-state index contributed by atoms with van der Waals surface area (Å²) in [6, 6.07) is 10.6. The number of anilines is 2. The van der Waals surface area contributed by atoms with Crippen LogP contribution in [-0.2, 0) is 4.79 Å². The zero-order valence-electron chi connectivity index (χ0n) is 12.7. The van der Waals surface area contributed by atoms with Crippen LogP contribution in [0.5, 0.6) is 0 Å². The summed E-state index contributed by atoms with van der Waals surface area (Å²) in [6.07, 6.45) is 0. The predicted molar refractivity (Wildman–Crippen MR) is 89.6 cm³/mol. The molecule has 0 heterocycles. The van der Waals surface area contributed by atoms with E-state index < -0.39 is 0 Å². The third kappa shape index (κ3) is 3.65. The fourth-order valence-corrected chi connectivity index (χ4v) is 2.31. The van der Waals surface area contributed by atoms with E-state index in [1.165, 1.54) is 6.92 Å². The lowest BCUT2D eigenvalue weighted by molar-refractivity contribution is -0.114. The second-order valence-electron chi connectivity index (χ2n) is 5.08. The fraction of sp³-hybridized carbons (Fsp3) is 0.176. The average Bonchev–Trinajstić information content (AvgIpc) is 2.44. The highest BCUT2D eigenvalue weighted by atomic mass is 35.5. The van der Waals surface area contributed by atoms with E-state index in [1.54, 1.807) is 24.3 Å². The zero-order chi connectivity index (χ0) is 16.3. The molecule has 0 bridgehead atoms. The van der Waals surface area contributed by atoms with Gasteiger partial charge in [-0.3, -0.25) is 9.59 Å². The van der Waals surface area contributed by atoms with Crippen molar-refractivity contribution in [1.29, 1.82) is 0 Å². The number of carbonyl (C=O) groups excluding carboxylic acids is 2. The smallest absolute Gasteiger partial charge is 0.255 e. The number of rotatable bonds is 3. The molecule has 0 aromatic heterocycles. The van der Waals surface area contributed by atoms with Crippen LogP contribution < -0.4 is 10.6 Å². The van der Waals surface area contributed by atoms with Gasteiger partial charge in [-0.15, -0.1) is 0 Å². The van der Waals surface area contributed by atoms with Crippen LogP contribution in [0.2, 0.25) is 5.02 Å². The van der Waals surface area contributed by atoms with Gasteiger partial charge in [0, 0.05) is 18.2 Å². The molecule has 2 amide bonds. The van der Waals surface area contributed by atoms with Gasteiger partial charge < -0.3 is 10.6 Å². The number of benzene rings is 2. The number of amides is 2. The molecular formula is C17H17ClN2O2. The van der Waals surface area contributed by atoms with E-state index in [1.807, 2.05) is 26.0 Å². The van der Waals surface area contributed by atoms with Crippen molar-refractivity contribution >= 4 is 34.8 Å². The molecule has 0 saturated carbocycles. The Kier molecular flexibility index (Phi) is 4.83. The Bertz CT molecular complexity index is 741. The first kappa shape index (κ1) is 16.0.